The highest BCUT2D eigenvalue weighted by Gasteiger charge is 2.34. The summed E-state index contributed by atoms with van der Waals surface area (Å²) in [5.74, 6) is -14.3. The number of fused-ring (bicyclic) bond motifs is 1. The molecule has 1 aromatic heterocycles. The van der Waals surface area contributed by atoms with Gasteiger partial charge in [0.05, 0.1) is 17.9 Å². The molecule has 5 rings (SSSR count). The number of aromatic nitrogens is 2. The first-order valence-corrected chi connectivity index (χ1v) is 13.2. The lowest BCUT2D eigenvalue weighted by molar-refractivity contribution is -0.137. The Labute approximate surface area is 232 Å². The molecule has 0 unspecified atom stereocenters. The quantitative estimate of drug-likeness (QED) is 0.106. The Morgan fingerprint density at radius 3 is 2.21 bits per heavy atom. The van der Waals surface area contributed by atoms with E-state index in [9.17, 15) is 43.5 Å². The van der Waals surface area contributed by atoms with Crippen molar-refractivity contribution in [3.05, 3.63) is 88.9 Å². The predicted molar refractivity (Wildman–Crippen MR) is 128 cm³/mol. The molecular formula is C26H16F8N2O5S. The van der Waals surface area contributed by atoms with E-state index in [2.05, 4.69) is 9.28 Å². The van der Waals surface area contributed by atoms with Crippen molar-refractivity contribution >= 4 is 10.1 Å². The minimum Gasteiger partial charge on any atom is -0.493 e. The van der Waals surface area contributed by atoms with Crippen molar-refractivity contribution in [2.45, 2.75) is 23.6 Å². The standard InChI is InChI=1S/C26H16F8N2O5S/c1-36-16(6-8-35-36)15-10-12(26(32,33)34)2-5-17(15)40-18-7-9-39-19-11-13(3-4-14(18)19)42(37,38)41-25-23(30)21(28)20(27)22(29)24(25)31/h2-6,8,10-11,18H,7,9H2,1H3/t18-/m0/s1. The molecule has 42 heavy (non-hydrogen) atoms. The molecule has 0 fully saturated rings. The molecule has 0 bridgehead atoms. The van der Waals surface area contributed by atoms with Crippen LogP contribution in [0.25, 0.3) is 11.3 Å². The van der Waals surface area contributed by atoms with Crippen LogP contribution in [-0.4, -0.2) is 24.8 Å². The maximum atomic E-state index is 14.0. The van der Waals surface area contributed by atoms with Gasteiger partial charge in [-0.2, -0.15) is 35.5 Å². The van der Waals surface area contributed by atoms with Gasteiger partial charge in [-0.3, -0.25) is 4.68 Å². The van der Waals surface area contributed by atoms with Crippen LogP contribution >= 0.6 is 0 Å². The van der Waals surface area contributed by atoms with Crippen LogP contribution < -0.4 is 13.7 Å². The van der Waals surface area contributed by atoms with Gasteiger partial charge < -0.3 is 13.7 Å². The fourth-order valence-corrected chi connectivity index (χ4v) is 5.18. The highest BCUT2D eigenvalue weighted by Crippen LogP contribution is 2.42. The lowest BCUT2D eigenvalue weighted by Gasteiger charge is -2.28. The first kappa shape index (κ1) is 29.2. The number of halogens is 8. The lowest BCUT2D eigenvalue weighted by atomic mass is 10.0. The Bertz CT molecular complexity index is 1780. The van der Waals surface area contributed by atoms with E-state index in [-0.39, 0.29) is 35.7 Å². The van der Waals surface area contributed by atoms with E-state index in [0.29, 0.717) is 5.69 Å². The van der Waals surface area contributed by atoms with Crippen LogP contribution in [0, 0.1) is 29.1 Å². The highest BCUT2D eigenvalue weighted by atomic mass is 32.2. The van der Waals surface area contributed by atoms with Crippen molar-refractivity contribution in [3.63, 3.8) is 0 Å². The molecule has 0 N–H and O–H groups in total. The van der Waals surface area contributed by atoms with Crippen LogP contribution in [0.5, 0.6) is 17.2 Å². The van der Waals surface area contributed by atoms with E-state index >= 15 is 0 Å². The Morgan fingerprint density at radius 2 is 1.60 bits per heavy atom. The van der Waals surface area contributed by atoms with Gasteiger partial charge in [0.15, 0.2) is 0 Å². The van der Waals surface area contributed by atoms with Crippen molar-refractivity contribution in [3.8, 4) is 28.5 Å². The second kappa shape index (κ2) is 10.5. The smallest absolute Gasteiger partial charge is 0.416 e. The molecule has 222 valence electrons. The number of nitrogens with zero attached hydrogens (tertiary/aromatic N) is 2. The van der Waals surface area contributed by atoms with Crippen molar-refractivity contribution in [1.82, 2.24) is 9.78 Å². The van der Waals surface area contributed by atoms with Crippen LogP contribution in [0.1, 0.15) is 23.7 Å². The Hall–Kier alpha value is -4.34. The SMILES string of the molecule is Cn1nccc1-c1cc(C(F)(F)F)ccc1O[C@H]1CCOc2cc(S(=O)(=O)Oc3c(F)c(F)c(F)c(F)c3F)ccc21. The highest BCUT2D eigenvalue weighted by molar-refractivity contribution is 7.87. The summed E-state index contributed by atoms with van der Waals surface area (Å²) in [6, 6.07) is 7.36. The van der Waals surface area contributed by atoms with Gasteiger partial charge in [0, 0.05) is 36.9 Å². The number of hydrogen-bond donors (Lipinski definition) is 0. The first-order valence-electron chi connectivity index (χ1n) is 11.8. The summed E-state index contributed by atoms with van der Waals surface area (Å²) in [4.78, 5) is -0.754. The van der Waals surface area contributed by atoms with Crippen molar-refractivity contribution in [1.29, 1.82) is 0 Å². The molecular weight excluding hydrogens is 604 g/mol. The molecule has 7 nitrogen and oxygen atoms in total. The number of rotatable bonds is 6. The zero-order chi connectivity index (χ0) is 30.6. The molecule has 2 heterocycles. The Balaban J connectivity index is 1.48. The van der Waals surface area contributed by atoms with Crippen LogP contribution in [0.3, 0.4) is 0 Å². The van der Waals surface area contributed by atoms with Crippen molar-refractivity contribution in [2.75, 3.05) is 6.61 Å². The molecule has 1 aliphatic heterocycles. The number of alkyl halides is 3. The average molecular weight is 620 g/mol. The molecule has 0 amide bonds. The zero-order valence-electron chi connectivity index (χ0n) is 21.0. The summed E-state index contributed by atoms with van der Waals surface area (Å²) in [5, 5.41) is 3.98. The summed E-state index contributed by atoms with van der Waals surface area (Å²) in [7, 11) is -3.62. The van der Waals surface area contributed by atoms with E-state index in [1.807, 2.05) is 0 Å². The molecule has 0 radical (unpaired) electrons. The molecule has 3 aromatic carbocycles. The van der Waals surface area contributed by atoms with Gasteiger partial charge in [-0.15, -0.1) is 0 Å². The van der Waals surface area contributed by atoms with E-state index in [4.69, 9.17) is 9.47 Å². The molecule has 16 heteroatoms. The lowest BCUT2D eigenvalue weighted by Crippen LogP contribution is -2.20. The molecule has 0 saturated heterocycles. The van der Waals surface area contributed by atoms with E-state index in [1.54, 1.807) is 0 Å². The normalized spacial score (nSPS) is 15.2. The second-order valence-corrected chi connectivity index (χ2v) is 10.5. The van der Waals surface area contributed by atoms with E-state index in [1.165, 1.54) is 30.1 Å². The summed E-state index contributed by atoms with van der Waals surface area (Å²) in [6.07, 6.45) is -3.92. The van der Waals surface area contributed by atoms with Crippen molar-refractivity contribution in [2.24, 2.45) is 7.05 Å². The maximum absolute atomic E-state index is 14.0. The first-order chi connectivity index (χ1) is 19.7. The predicted octanol–water partition coefficient (Wildman–Crippen LogP) is 6.47. The fraction of sp³-hybridized carbons (Fsp3) is 0.192. The van der Waals surface area contributed by atoms with Gasteiger partial charge in [-0.25, -0.2) is 13.2 Å². The molecule has 1 aliphatic rings. The Kier molecular flexibility index (Phi) is 7.28. The van der Waals surface area contributed by atoms with Crippen LogP contribution in [0.2, 0.25) is 0 Å². The molecule has 0 spiro atoms. The fourth-order valence-electron chi connectivity index (χ4n) is 4.23. The van der Waals surface area contributed by atoms with Gasteiger partial charge in [-0.05, 0) is 30.3 Å². The maximum Gasteiger partial charge on any atom is 0.416 e. The number of ether oxygens (including phenoxy) is 2. The van der Waals surface area contributed by atoms with Crippen LogP contribution in [-0.2, 0) is 23.3 Å². The Morgan fingerprint density at radius 1 is 0.929 bits per heavy atom. The molecule has 1 atom stereocenters. The van der Waals surface area contributed by atoms with Gasteiger partial charge in [-0.1, -0.05) is 6.07 Å². The van der Waals surface area contributed by atoms with Gasteiger partial charge in [0.25, 0.3) is 0 Å². The zero-order valence-corrected chi connectivity index (χ0v) is 21.8. The third kappa shape index (κ3) is 5.21. The third-order valence-corrected chi connectivity index (χ3v) is 7.51. The molecule has 0 aliphatic carbocycles. The van der Waals surface area contributed by atoms with Gasteiger partial charge in [0.2, 0.25) is 34.8 Å². The molecule has 0 saturated carbocycles. The van der Waals surface area contributed by atoms with Gasteiger partial charge in [0.1, 0.15) is 22.5 Å². The number of aryl methyl sites for hydroxylation is 1. The van der Waals surface area contributed by atoms with Crippen molar-refractivity contribution < 1.29 is 57.2 Å². The van der Waals surface area contributed by atoms with Crippen LogP contribution in [0.4, 0.5) is 35.1 Å². The molecule has 4 aromatic rings. The third-order valence-electron chi connectivity index (χ3n) is 6.29. The summed E-state index contributed by atoms with van der Waals surface area (Å²) < 4.78 is 151. The average Bonchev–Trinajstić information content (AvgIpc) is 3.38. The monoisotopic (exact) mass is 620 g/mol. The van der Waals surface area contributed by atoms with Gasteiger partial charge >= 0.3 is 16.3 Å². The summed E-state index contributed by atoms with van der Waals surface area (Å²) >= 11 is 0. The summed E-state index contributed by atoms with van der Waals surface area (Å²) in [5.41, 5.74) is -0.280. The summed E-state index contributed by atoms with van der Waals surface area (Å²) in [6.45, 7) is -0.0403. The van der Waals surface area contributed by atoms with E-state index < -0.39 is 67.7 Å². The number of benzene rings is 3. The minimum atomic E-state index is -5.15. The largest absolute Gasteiger partial charge is 0.493 e. The minimum absolute atomic E-state index is 0.0403. The van der Waals surface area contributed by atoms with Crippen LogP contribution in [0.15, 0.2) is 53.6 Å². The topological polar surface area (TPSA) is 79.7 Å². The number of hydrogen-bond acceptors (Lipinski definition) is 6. The van der Waals surface area contributed by atoms with E-state index in [0.717, 1.165) is 30.3 Å². The second-order valence-electron chi connectivity index (χ2n) is 8.93.